The summed E-state index contributed by atoms with van der Waals surface area (Å²) < 4.78 is 24.6. The monoisotopic (exact) mass is 370 g/mol. The molecule has 26 heavy (non-hydrogen) atoms. The molecule has 0 aromatic heterocycles. The molecule has 0 radical (unpaired) electrons. The summed E-state index contributed by atoms with van der Waals surface area (Å²) in [6, 6.07) is 14.7. The summed E-state index contributed by atoms with van der Waals surface area (Å²) in [5.41, 5.74) is 3.74. The molecule has 0 spiro atoms. The first-order valence-electron chi connectivity index (χ1n) is 8.88. The van der Waals surface area contributed by atoms with E-state index in [-0.39, 0.29) is 29.6 Å². The van der Waals surface area contributed by atoms with Crippen molar-refractivity contribution in [2.75, 3.05) is 21.3 Å². The molecule has 2 aromatic carbocycles. The second-order valence-corrected chi connectivity index (χ2v) is 9.25. The smallest absolute Gasteiger partial charge is 0.288 e. The van der Waals surface area contributed by atoms with Gasteiger partial charge in [0.25, 0.3) is 0 Å². The van der Waals surface area contributed by atoms with Crippen LogP contribution in [0, 0.1) is 6.92 Å². The fourth-order valence-corrected chi connectivity index (χ4v) is 5.90. The van der Waals surface area contributed by atoms with Gasteiger partial charge in [-0.05, 0) is 48.7 Å². The lowest BCUT2D eigenvalue weighted by Crippen LogP contribution is -2.37. The van der Waals surface area contributed by atoms with E-state index in [9.17, 15) is 13.2 Å². The average Bonchev–Trinajstić information content (AvgIpc) is 3.03. The maximum absolute atomic E-state index is 13.3. The molecule has 2 aliphatic heterocycles. The van der Waals surface area contributed by atoms with Crippen molar-refractivity contribution >= 4 is 27.2 Å². The second-order valence-electron chi connectivity index (χ2n) is 7.09. The van der Waals surface area contributed by atoms with Gasteiger partial charge in [-0.3, -0.25) is 9.80 Å². The Morgan fingerprint density at radius 3 is 2.15 bits per heavy atom. The second kappa shape index (κ2) is 6.13. The van der Waals surface area contributed by atoms with Crippen LogP contribution in [0.1, 0.15) is 18.1 Å². The number of anilines is 2. The number of rotatable bonds is 3. The summed E-state index contributed by atoms with van der Waals surface area (Å²) in [5.74, 6) is 0.0299. The van der Waals surface area contributed by atoms with Gasteiger partial charge in [-0.1, -0.05) is 31.2 Å². The first kappa shape index (κ1) is 17.1. The minimum absolute atomic E-state index is 0.0148. The van der Waals surface area contributed by atoms with Crippen LogP contribution in [0.4, 0.5) is 16.2 Å². The summed E-state index contributed by atoms with van der Waals surface area (Å²) in [6.07, 6.45) is 0.921. The van der Waals surface area contributed by atoms with Crippen molar-refractivity contribution in [2.24, 2.45) is 0 Å². The Bertz CT molecular complexity index is 953. The summed E-state index contributed by atoms with van der Waals surface area (Å²) in [5, 5.41) is 0. The Morgan fingerprint density at radius 2 is 1.58 bits per heavy atom. The first-order valence-corrected chi connectivity index (χ1v) is 10.7. The third kappa shape index (κ3) is 2.78. The zero-order valence-electron chi connectivity index (χ0n) is 14.9. The SMILES string of the molecule is CCc1ccc(N2C(=O)N(c3cccc(C)c3)[C@H]3CS(=O)(=O)C[C@@H]32)cc1. The van der Waals surface area contributed by atoms with E-state index < -0.39 is 9.84 Å². The molecule has 2 atom stereocenters. The van der Waals surface area contributed by atoms with Crippen molar-refractivity contribution in [1.29, 1.82) is 0 Å². The molecule has 2 saturated heterocycles. The number of benzene rings is 2. The van der Waals surface area contributed by atoms with Crippen LogP contribution >= 0.6 is 0 Å². The van der Waals surface area contributed by atoms with E-state index in [1.54, 1.807) is 9.80 Å². The Hall–Kier alpha value is -2.34. The highest BCUT2D eigenvalue weighted by Crippen LogP contribution is 2.38. The van der Waals surface area contributed by atoms with E-state index >= 15 is 0 Å². The van der Waals surface area contributed by atoms with Gasteiger partial charge < -0.3 is 0 Å². The minimum Gasteiger partial charge on any atom is -0.288 e. The van der Waals surface area contributed by atoms with Crippen LogP contribution < -0.4 is 9.80 Å². The van der Waals surface area contributed by atoms with Crippen LogP contribution in [0.15, 0.2) is 48.5 Å². The predicted molar refractivity (Wildman–Crippen MR) is 104 cm³/mol. The maximum atomic E-state index is 13.3. The van der Waals surface area contributed by atoms with E-state index in [0.717, 1.165) is 23.4 Å². The highest BCUT2D eigenvalue weighted by Gasteiger charge is 2.54. The summed E-state index contributed by atoms with van der Waals surface area (Å²) in [6.45, 7) is 4.04. The number of fused-ring (bicyclic) bond motifs is 1. The highest BCUT2D eigenvalue weighted by molar-refractivity contribution is 7.91. The molecule has 2 aromatic rings. The van der Waals surface area contributed by atoms with Crippen LogP contribution in [0.5, 0.6) is 0 Å². The summed E-state index contributed by atoms with van der Waals surface area (Å²) >= 11 is 0. The lowest BCUT2D eigenvalue weighted by molar-refractivity contribution is 0.255. The lowest BCUT2D eigenvalue weighted by atomic mass is 10.1. The molecule has 0 N–H and O–H groups in total. The molecule has 2 fully saturated rings. The molecule has 4 rings (SSSR count). The normalized spacial score (nSPS) is 24.2. The standard InChI is InChI=1S/C20H22N2O3S/c1-3-15-7-9-16(10-8-15)21-18-12-26(24,25)13-19(18)22(20(21)23)17-6-4-5-14(2)11-17/h4-11,18-19H,3,12-13H2,1-2H3/t18-,19-/m0/s1. The zero-order valence-corrected chi connectivity index (χ0v) is 15.7. The molecule has 6 heteroatoms. The van der Waals surface area contributed by atoms with Crippen LogP contribution in [0.25, 0.3) is 0 Å². The number of aryl methyl sites for hydroxylation is 2. The van der Waals surface area contributed by atoms with E-state index in [0.29, 0.717) is 0 Å². The number of carbonyl (C=O) groups excluding carboxylic acids is 1. The maximum Gasteiger partial charge on any atom is 0.329 e. The zero-order chi connectivity index (χ0) is 18.5. The number of sulfone groups is 1. The topological polar surface area (TPSA) is 57.7 Å². The van der Waals surface area contributed by atoms with Gasteiger partial charge in [0.15, 0.2) is 9.84 Å². The van der Waals surface area contributed by atoms with Gasteiger partial charge in [0, 0.05) is 11.4 Å². The number of nitrogens with zero attached hydrogens (tertiary/aromatic N) is 2. The van der Waals surface area contributed by atoms with E-state index in [2.05, 4.69) is 6.92 Å². The van der Waals surface area contributed by atoms with Crippen LogP contribution in [0.2, 0.25) is 0 Å². The molecular formula is C20H22N2O3S. The number of hydrogen-bond donors (Lipinski definition) is 0. The van der Waals surface area contributed by atoms with Gasteiger partial charge in [0.2, 0.25) is 0 Å². The molecule has 0 aliphatic carbocycles. The Balaban J connectivity index is 1.78. The average molecular weight is 370 g/mol. The molecule has 2 amide bonds. The van der Waals surface area contributed by atoms with Crippen molar-refractivity contribution in [2.45, 2.75) is 32.4 Å². The molecular weight excluding hydrogens is 348 g/mol. The van der Waals surface area contributed by atoms with Crippen LogP contribution in [-0.2, 0) is 16.3 Å². The molecule has 2 heterocycles. The third-order valence-corrected chi connectivity index (χ3v) is 6.97. The third-order valence-electron chi connectivity index (χ3n) is 5.27. The van der Waals surface area contributed by atoms with Gasteiger partial charge >= 0.3 is 6.03 Å². The van der Waals surface area contributed by atoms with Crippen LogP contribution in [-0.4, -0.2) is 38.0 Å². The number of carbonyl (C=O) groups is 1. The van der Waals surface area contributed by atoms with E-state index in [1.165, 1.54) is 5.56 Å². The largest absolute Gasteiger partial charge is 0.329 e. The van der Waals surface area contributed by atoms with E-state index in [4.69, 9.17) is 0 Å². The quantitative estimate of drug-likeness (QED) is 0.780. The van der Waals surface area contributed by atoms with Gasteiger partial charge in [-0.2, -0.15) is 0 Å². The van der Waals surface area contributed by atoms with Crippen molar-refractivity contribution in [3.8, 4) is 0 Å². The number of urea groups is 1. The van der Waals surface area contributed by atoms with Gasteiger partial charge in [0.05, 0.1) is 23.6 Å². The highest BCUT2D eigenvalue weighted by atomic mass is 32.2. The van der Waals surface area contributed by atoms with Gasteiger partial charge in [-0.25, -0.2) is 13.2 Å². The number of hydrogen-bond acceptors (Lipinski definition) is 3. The number of amides is 2. The molecule has 0 bridgehead atoms. The minimum atomic E-state index is -3.17. The van der Waals surface area contributed by atoms with Crippen molar-refractivity contribution < 1.29 is 13.2 Å². The summed E-state index contributed by atoms with van der Waals surface area (Å²) in [7, 11) is -3.17. The molecule has 0 saturated carbocycles. The van der Waals surface area contributed by atoms with Gasteiger partial charge in [0.1, 0.15) is 0 Å². The Labute approximate surface area is 154 Å². The Morgan fingerprint density at radius 1 is 0.962 bits per heavy atom. The fraction of sp³-hybridized carbons (Fsp3) is 0.350. The molecule has 5 nitrogen and oxygen atoms in total. The molecule has 0 unspecified atom stereocenters. The molecule has 136 valence electrons. The van der Waals surface area contributed by atoms with Crippen LogP contribution in [0.3, 0.4) is 0 Å². The lowest BCUT2D eigenvalue weighted by Gasteiger charge is -2.23. The van der Waals surface area contributed by atoms with E-state index in [1.807, 2.05) is 55.5 Å². The molecule has 2 aliphatic rings. The van der Waals surface area contributed by atoms with Crippen molar-refractivity contribution in [3.05, 3.63) is 59.7 Å². The summed E-state index contributed by atoms with van der Waals surface area (Å²) in [4.78, 5) is 16.6. The van der Waals surface area contributed by atoms with Crippen molar-refractivity contribution in [1.82, 2.24) is 0 Å². The first-order chi connectivity index (χ1) is 12.4. The van der Waals surface area contributed by atoms with Crippen molar-refractivity contribution in [3.63, 3.8) is 0 Å². The fourth-order valence-electron chi connectivity index (χ4n) is 3.98. The predicted octanol–water partition coefficient (Wildman–Crippen LogP) is 3.17. The Kier molecular flexibility index (Phi) is 4.03. The van der Waals surface area contributed by atoms with Gasteiger partial charge in [-0.15, -0.1) is 0 Å².